The minimum Gasteiger partial charge on any atom is -0.494 e. The molecule has 0 unspecified atom stereocenters. The normalized spacial score (nSPS) is 18.3. The molecule has 2 fully saturated rings. The van der Waals surface area contributed by atoms with Crippen LogP contribution in [0.15, 0.2) is 97.1 Å². The molecular weight excluding hydrogens is 793 g/mol. The Morgan fingerprint density at radius 1 is 0.419 bits per heavy atom. The molecule has 0 spiro atoms. The van der Waals surface area contributed by atoms with E-state index in [1.165, 1.54) is 0 Å². The largest absolute Gasteiger partial charge is 0.494 e. The monoisotopic (exact) mass is 856 g/mol. The van der Waals surface area contributed by atoms with E-state index in [0.29, 0.717) is 87.6 Å². The minimum atomic E-state index is -0.289. The summed E-state index contributed by atoms with van der Waals surface area (Å²) in [6.07, 6.45) is 8.95. The average Bonchev–Trinajstić information content (AvgIpc) is 3.31. The lowest BCUT2D eigenvalue weighted by atomic mass is 9.82. The summed E-state index contributed by atoms with van der Waals surface area (Å²) in [5.41, 5.74) is 1.51. The molecular formula is C50H64O12. The average molecular weight is 857 g/mol. The minimum absolute atomic E-state index is 0. The van der Waals surface area contributed by atoms with Crippen molar-refractivity contribution in [1.82, 2.24) is 0 Å². The molecule has 2 N–H and O–H groups in total. The number of aliphatic hydroxyl groups excluding tert-OH is 2. The van der Waals surface area contributed by atoms with Crippen LogP contribution in [0.1, 0.15) is 105 Å². The van der Waals surface area contributed by atoms with Crippen molar-refractivity contribution in [1.29, 1.82) is 0 Å². The molecule has 2 aliphatic rings. The van der Waals surface area contributed by atoms with Crippen molar-refractivity contribution in [3.8, 4) is 34.5 Å². The molecule has 0 heterocycles. The van der Waals surface area contributed by atoms with E-state index in [2.05, 4.69) is 13.8 Å². The van der Waals surface area contributed by atoms with Crippen LogP contribution in [0.5, 0.6) is 34.5 Å². The summed E-state index contributed by atoms with van der Waals surface area (Å²) in [4.78, 5) is 49.8. The van der Waals surface area contributed by atoms with Gasteiger partial charge in [0.25, 0.3) is 0 Å². The summed E-state index contributed by atoms with van der Waals surface area (Å²) in [6.45, 7) is 5.48. The maximum atomic E-state index is 12.6. The van der Waals surface area contributed by atoms with Gasteiger partial charge in [0.05, 0.1) is 50.1 Å². The standard InChI is InChI=1S/C28H36O6.C22H24O6.2H2/c1-3-5-19-31-23-11-15-25(16-12-23)33-27(29)21-7-9-22(10-8-21)28(30)34-26-17-13-24(14-18-26)32-20-6-4-2;23-13-15-1-9-19(10-2-15)27-21(25)17-5-7-18(8-6-17)22(26)28-20-11-3-16(14-24)4-12-20;;/h11-18,21-22H,3-10,19-20H2,1-2H3;1-4,9-12,17-18,23-24H,5-8,13-14H2;2*1H. The number of ether oxygens (including phenoxy) is 6. The van der Waals surface area contributed by atoms with Crippen molar-refractivity contribution in [2.75, 3.05) is 13.2 Å². The van der Waals surface area contributed by atoms with Crippen LogP contribution in [0.25, 0.3) is 0 Å². The Kier molecular flexibility index (Phi) is 19.3. The van der Waals surface area contributed by atoms with E-state index in [9.17, 15) is 19.2 Å². The molecule has 6 rings (SSSR count). The quantitative estimate of drug-likeness (QED) is 0.0554. The van der Waals surface area contributed by atoms with Crippen LogP contribution in [0.3, 0.4) is 0 Å². The maximum absolute atomic E-state index is 12.6. The second-order valence-electron chi connectivity index (χ2n) is 15.7. The molecule has 0 aliphatic heterocycles. The first-order chi connectivity index (χ1) is 30.2. The van der Waals surface area contributed by atoms with Gasteiger partial charge in [-0.15, -0.1) is 0 Å². The molecule has 336 valence electrons. The van der Waals surface area contributed by atoms with Crippen molar-refractivity contribution in [2.24, 2.45) is 23.7 Å². The third-order valence-corrected chi connectivity index (χ3v) is 11.1. The lowest BCUT2D eigenvalue weighted by molar-refractivity contribution is -0.145. The molecule has 62 heavy (non-hydrogen) atoms. The number of unbranched alkanes of at least 4 members (excludes halogenated alkanes) is 2. The summed E-state index contributed by atoms with van der Waals surface area (Å²) in [6, 6.07) is 27.8. The number of carbonyl (C=O) groups excluding carboxylic acids is 4. The van der Waals surface area contributed by atoms with E-state index in [4.69, 9.17) is 38.6 Å². The van der Waals surface area contributed by atoms with Gasteiger partial charge in [-0.2, -0.15) is 0 Å². The number of hydrogen-bond donors (Lipinski definition) is 2. The molecule has 2 saturated carbocycles. The van der Waals surface area contributed by atoms with Crippen molar-refractivity contribution >= 4 is 23.9 Å². The highest BCUT2D eigenvalue weighted by Crippen LogP contribution is 2.33. The van der Waals surface area contributed by atoms with Crippen molar-refractivity contribution < 1.29 is 60.7 Å². The predicted octanol–water partition coefficient (Wildman–Crippen LogP) is 9.84. The van der Waals surface area contributed by atoms with Gasteiger partial charge in [-0.05, 0) is 148 Å². The van der Waals surface area contributed by atoms with Gasteiger partial charge < -0.3 is 38.6 Å². The zero-order valence-corrected chi connectivity index (χ0v) is 35.8. The molecule has 0 bridgehead atoms. The highest BCUT2D eigenvalue weighted by Gasteiger charge is 2.33. The van der Waals surface area contributed by atoms with E-state index >= 15 is 0 Å². The molecule has 0 atom stereocenters. The zero-order chi connectivity index (χ0) is 44.1. The molecule has 0 saturated heterocycles. The van der Waals surface area contributed by atoms with E-state index in [1.807, 2.05) is 24.3 Å². The second kappa shape index (κ2) is 25.3. The van der Waals surface area contributed by atoms with Gasteiger partial charge in [-0.3, -0.25) is 19.2 Å². The molecule has 0 aromatic heterocycles. The van der Waals surface area contributed by atoms with Crippen LogP contribution in [-0.2, 0) is 32.4 Å². The molecule has 12 heteroatoms. The number of benzene rings is 4. The first-order valence-corrected chi connectivity index (χ1v) is 21.9. The van der Waals surface area contributed by atoms with Gasteiger partial charge in [-0.1, -0.05) is 51.0 Å². The molecule has 0 amide bonds. The van der Waals surface area contributed by atoms with Crippen LogP contribution >= 0.6 is 0 Å². The third kappa shape index (κ3) is 15.3. The Hall–Kier alpha value is -5.72. The van der Waals surface area contributed by atoms with Crippen LogP contribution < -0.4 is 28.4 Å². The van der Waals surface area contributed by atoms with Gasteiger partial charge in [0.1, 0.15) is 34.5 Å². The number of esters is 4. The Bertz CT molecular complexity index is 1830. The topological polar surface area (TPSA) is 164 Å². The number of rotatable bonds is 18. The van der Waals surface area contributed by atoms with Gasteiger partial charge in [0, 0.05) is 2.85 Å². The third-order valence-electron chi connectivity index (χ3n) is 11.1. The number of aliphatic hydroxyl groups is 2. The Morgan fingerprint density at radius 3 is 0.871 bits per heavy atom. The van der Waals surface area contributed by atoms with Gasteiger partial charge in [0.2, 0.25) is 0 Å². The van der Waals surface area contributed by atoms with Crippen molar-refractivity contribution in [2.45, 2.75) is 104 Å². The van der Waals surface area contributed by atoms with Crippen LogP contribution in [-0.4, -0.2) is 47.3 Å². The summed E-state index contributed by atoms with van der Waals surface area (Å²) in [7, 11) is 0. The van der Waals surface area contributed by atoms with E-state index in [0.717, 1.165) is 48.3 Å². The zero-order valence-electron chi connectivity index (χ0n) is 35.8. The second-order valence-corrected chi connectivity index (χ2v) is 15.7. The van der Waals surface area contributed by atoms with Crippen LogP contribution in [0.2, 0.25) is 0 Å². The fourth-order valence-corrected chi connectivity index (χ4v) is 7.13. The maximum Gasteiger partial charge on any atom is 0.314 e. The lowest BCUT2D eigenvalue weighted by Crippen LogP contribution is -2.30. The molecule has 4 aromatic carbocycles. The first kappa shape index (κ1) is 47.3. The highest BCUT2D eigenvalue weighted by atomic mass is 16.5. The SMILES string of the molecule is CCCCOc1ccc(OC(=O)C2CCC(C(=O)Oc3ccc(OCCCC)cc3)CC2)cc1.O=C(Oc1ccc(CO)cc1)C1CCC(C(=O)Oc2ccc(CO)cc2)CC1.[HH].[HH]. The van der Waals surface area contributed by atoms with Gasteiger partial charge in [0.15, 0.2) is 0 Å². The fourth-order valence-electron chi connectivity index (χ4n) is 7.13. The Balaban J connectivity index is 0.000000335. The Morgan fingerprint density at radius 2 is 0.645 bits per heavy atom. The van der Waals surface area contributed by atoms with Crippen LogP contribution in [0.4, 0.5) is 0 Å². The lowest BCUT2D eigenvalue weighted by Gasteiger charge is -2.25. The predicted molar refractivity (Wildman–Crippen MR) is 236 cm³/mol. The Labute approximate surface area is 367 Å². The molecule has 4 aromatic rings. The highest BCUT2D eigenvalue weighted by molar-refractivity contribution is 5.79. The molecule has 12 nitrogen and oxygen atoms in total. The number of hydrogen-bond acceptors (Lipinski definition) is 12. The molecule has 2 aliphatic carbocycles. The summed E-state index contributed by atoms with van der Waals surface area (Å²) < 4.78 is 33.2. The summed E-state index contributed by atoms with van der Waals surface area (Å²) in [5.74, 6) is 1.53. The van der Waals surface area contributed by atoms with Crippen molar-refractivity contribution in [3.63, 3.8) is 0 Å². The smallest absolute Gasteiger partial charge is 0.314 e. The van der Waals surface area contributed by atoms with E-state index in [-0.39, 0.29) is 63.6 Å². The summed E-state index contributed by atoms with van der Waals surface area (Å²) in [5, 5.41) is 18.1. The van der Waals surface area contributed by atoms with E-state index < -0.39 is 0 Å². The van der Waals surface area contributed by atoms with Gasteiger partial charge >= 0.3 is 23.9 Å². The fraction of sp³-hybridized carbons (Fsp3) is 0.440. The first-order valence-electron chi connectivity index (χ1n) is 21.9. The van der Waals surface area contributed by atoms with Gasteiger partial charge in [-0.25, -0.2) is 0 Å². The number of carbonyl (C=O) groups is 4. The summed E-state index contributed by atoms with van der Waals surface area (Å²) >= 11 is 0. The van der Waals surface area contributed by atoms with E-state index in [1.54, 1.807) is 72.8 Å². The van der Waals surface area contributed by atoms with Crippen molar-refractivity contribution in [3.05, 3.63) is 108 Å². The molecule has 0 radical (unpaired) electrons. The van der Waals surface area contributed by atoms with Crippen LogP contribution in [0, 0.1) is 23.7 Å².